The fraction of sp³-hybridized carbons (Fsp3) is 0.250. The molecule has 0 radical (unpaired) electrons. The topological polar surface area (TPSA) is 21.3 Å². The van der Waals surface area contributed by atoms with E-state index in [9.17, 15) is 8.78 Å². The normalized spacial score (nSPS) is 10.5. The third-order valence-corrected chi connectivity index (χ3v) is 3.11. The smallest absolute Gasteiger partial charge is 0.138 e. The molecule has 0 aliphatic rings. The molecule has 1 N–H and O–H groups in total. The van der Waals surface area contributed by atoms with E-state index < -0.39 is 11.6 Å². The van der Waals surface area contributed by atoms with E-state index in [2.05, 4.69) is 5.32 Å². The van der Waals surface area contributed by atoms with Crippen LogP contribution < -0.4 is 10.1 Å². The van der Waals surface area contributed by atoms with Gasteiger partial charge in [-0.3, -0.25) is 0 Å². The third kappa shape index (κ3) is 4.60. The van der Waals surface area contributed by atoms with E-state index in [1.807, 2.05) is 13.0 Å². The fourth-order valence-electron chi connectivity index (χ4n) is 1.86. The van der Waals surface area contributed by atoms with E-state index in [1.165, 1.54) is 12.1 Å². The molecular weight excluding hydrogens is 296 g/mol. The molecule has 0 saturated heterocycles. The van der Waals surface area contributed by atoms with Crippen molar-refractivity contribution in [2.75, 3.05) is 11.9 Å². The average Bonchev–Trinajstić information content (AvgIpc) is 2.43. The summed E-state index contributed by atoms with van der Waals surface area (Å²) >= 11 is 6.11. The van der Waals surface area contributed by atoms with Gasteiger partial charge in [-0.25, -0.2) is 8.78 Å². The van der Waals surface area contributed by atoms with E-state index in [0.717, 1.165) is 18.2 Å². The minimum absolute atomic E-state index is 0.306. The summed E-state index contributed by atoms with van der Waals surface area (Å²) in [5.41, 5.74) is 1.28. The Hall–Kier alpha value is -1.81. The number of benzene rings is 2. The summed E-state index contributed by atoms with van der Waals surface area (Å²) in [5.74, 6) is -0.554. The highest BCUT2D eigenvalue weighted by molar-refractivity contribution is 6.32. The maximum absolute atomic E-state index is 13.1. The number of anilines is 1. The van der Waals surface area contributed by atoms with Crippen molar-refractivity contribution in [3.63, 3.8) is 0 Å². The first-order valence-corrected chi connectivity index (χ1v) is 7.07. The zero-order chi connectivity index (χ0) is 15.2. The lowest BCUT2D eigenvalue weighted by Gasteiger charge is -2.10. The molecule has 2 aromatic rings. The quantitative estimate of drug-likeness (QED) is 0.809. The van der Waals surface area contributed by atoms with Crippen molar-refractivity contribution in [3.8, 4) is 5.75 Å². The third-order valence-electron chi connectivity index (χ3n) is 2.81. The maximum atomic E-state index is 13.1. The standard InChI is InChI=1S/C16H16ClF2NO/c1-2-5-21-16-4-3-14(9-15(16)17)20-10-11-6-12(18)8-13(19)7-11/h3-4,6-9,20H,2,5,10H2,1H3. The second-order valence-electron chi connectivity index (χ2n) is 4.62. The summed E-state index contributed by atoms with van der Waals surface area (Å²) in [4.78, 5) is 0. The Kier molecular flexibility index (Phi) is 5.39. The van der Waals surface area contributed by atoms with Gasteiger partial charge in [-0.15, -0.1) is 0 Å². The average molecular weight is 312 g/mol. The van der Waals surface area contributed by atoms with Crippen LogP contribution in [0.15, 0.2) is 36.4 Å². The molecule has 0 atom stereocenters. The Labute approximate surface area is 127 Å². The number of hydrogen-bond acceptors (Lipinski definition) is 2. The second-order valence-corrected chi connectivity index (χ2v) is 5.03. The van der Waals surface area contributed by atoms with Crippen LogP contribution in [0.2, 0.25) is 5.02 Å². The molecule has 0 aliphatic heterocycles. The molecule has 0 unspecified atom stereocenters. The van der Waals surface area contributed by atoms with Crippen molar-refractivity contribution >= 4 is 17.3 Å². The summed E-state index contributed by atoms with van der Waals surface area (Å²) < 4.78 is 31.6. The van der Waals surface area contributed by atoms with Gasteiger partial charge in [0.25, 0.3) is 0 Å². The molecule has 2 rings (SSSR count). The predicted octanol–water partition coefficient (Wildman–Crippen LogP) is 5.02. The van der Waals surface area contributed by atoms with Crippen molar-refractivity contribution in [1.82, 2.24) is 0 Å². The SMILES string of the molecule is CCCOc1ccc(NCc2cc(F)cc(F)c2)cc1Cl. The molecule has 5 heteroatoms. The second kappa shape index (κ2) is 7.27. The molecule has 0 amide bonds. The molecule has 2 aromatic carbocycles. The van der Waals surface area contributed by atoms with Crippen LogP contribution in [0.1, 0.15) is 18.9 Å². The molecule has 112 valence electrons. The summed E-state index contributed by atoms with van der Waals surface area (Å²) in [7, 11) is 0. The van der Waals surface area contributed by atoms with Crippen molar-refractivity contribution in [2.24, 2.45) is 0 Å². The maximum Gasteiger partial charge on any atom is 0.138 e. The first kappa shape index (κ1) is 15.6. The van der Waals surface area contributed by atoms with Gasteiger partial charge in [-0.1, -0.05) is 18.5 Å². The Morgan fingerprint density at radius 2 is 1.81 bits per heavy atom. The van der Waals surface area contributed by atoms with Crippen LogP contribution in [-0.2, 0) is 6.54 Å². The first-order valence-electron chi connectivity index (χ1n) is 6.69. The zero-order valence-corrected chi connectivity index (χ0v) is 12.4. The van der Waals surface area contributed by atoms with Gasteiger partial charge in [-0.2, -0.15) is 0 Å². The molecule has 0 spiro atoms. The van der Waals surface area contributed by atoms with Crippen LogP contribution >= 0.6 is 11.6 Å². The van der Waals surface area contributed by atoms with Gasteiger partial charge in [0, 0.05) is 18.3 Å². The van der Waals surface area contributed by atoms with Crippen molar-refractivity contribution in [1.29, 1.82) is 0 Å². The lowest BCUT2D eigenvalue weighted by atomic mass is 10.2. The Bertz CT molecular complexity index is 599. The van der Waals surface area contributed by atoms with E-state index in [-0.39, 0.29) is 0 Å². The molecule has 0 saturated carbocycles. The van der Waals surface area contributed by atoms with E-state index >= 15 is 0 Å². The minimum atomic E-state index is -0.590. The molecule has 0 fully saturated rings. The monoisotopic (exact) mass is 311 g/mol. The van der Waals surface area contributed by atoms with Gasteiger partial charge < -0.3 is 10.1 Å². The number of nitrogens with one attached hydrogen (secondary N) is 1. The molecule has 21 heavy (non-hydrogen) atoms. The number of halogens is 3. The van der Waals surface area contributed by atoms with Crippen LogP contribution in [0.5, 0.6) is 5.75 Å². The van der Waals surface area contributed by atoms with Gasteiger partial charge >= 0.3 is 0 Å². The highest BCUT2D eigenvalue weighted by atomic mass is 35.5. The molecule has 0 aliphatic carbocycles. The Morgan fingerprint density at radius 1 is 1.10 bits per heavy atom. The van der Waals surface area contributed by atoms with Crippen LogP contribution in [0, 0.1) is 11.6 Å². The van der Waals surface area contributed by atoms with Crippen LogP contribution in [0.4, 0.5) is 14.5 Å². The lowest BCUT2D eigenvalue weighted by Crippen LogP contribution is -2.01. The Balaban J connectivity index is 2.01. The van der Waals surface area contributed by atoms with E-state index in [0.29, 0.717) is 29.5 Å². The number of rotatable bonds is 6. The van der Waals surface area contributed by atoms with Gasteiger partial charge in [0.15, 0.2) is 0 Å². The van der Waals surface area contributed by atoms with Gasteiger partial charge in [-0.05, 0) is 42.3 Å². The molecule has 0 heterocycles. The van der Waals surface area contributed by atoms with E-state index in [4.69, 9.17) is 16.3 Å². The number of hydrogen-bond donors (Lipinski definition) is 1. The minimum Gasteiger partial charge on any atom is -0.492 e. The van der Waals surface area contributed by atoms with Crippen LogP contribution in [0.25, 0.3) is 0 Å². The summed E-state index contributed by atoms with van der Waals surface area (Å²) in [6.45, 7) is 2.93. The van der Waals surface area contributed by atoms with Crippen molar-refractivity contribution < 1.29 is 13.5 Å². The molecular formula is C16H16ClF2NO. The van der Waals surface area contributed by atoms with Crippen LogP contribution in [-0.4, -0.2) is 6.61 Å². The van der Waals surface area contributed by atoms with Crippen molar-refractivity contribution in [3.05, 3.63) is 58.6 Å². The molecule has 0 aromatic heterocycles. The van der Waals surface area contributed by atoms with Crippen LogP contribution in [0.3, 0.4) is 0 Å². The lowest BCUT2D eigenvalue weighted by molar-refractivity contribution is 0.317. The highest BCUT2D eigenvalue weighted by Crippen LogP contribution is 2.28. The van der Waals surface area contributed by atoms with Gasteiger partial charge in [0.1, 0.15) is 17.4 Å². The summed E-state index contributed by atoms with van der Waals surface area (Å²) in [6, 6.07) is 8.73. The fourth-order valence-corrected chi connectivity index (χ4v) is 2.09. The van der Waals surface area contributed by atoms with Gasteiger partial charge in [0.2, 0.25) is 0 Å². The highest BCUT2D eigenvalue weighted by Gasteiger charge is 2.04. The summed E-state index contributed by atoms with van der Waals surface area (Å²) in [6.07, 6.45) is 0.904. The molecule has 2 nitrogen and oxygen atoms in total. The van der Waals surface area contributed by atoms with Gasteiger partial charge in [0.05, 0.1) is 11.6 Å². The summed E-state index contributed by atoms with van der Waals surface area (Å²) in [5, 5.41) is 3.57. The predicted molar refractivity (Wildman–Crippen MR) is 80.9 cm³/mol. The Morgan fingerprint density at radius 3 is 2.43 bits per heavy atom. The first-order chi connectivity index (χ1) is 10.1. The zero-order valence-electron chi connectivity index (χ0n) is 11.6. The number of ether oxygens (including phenoxy) is 1. The molecule has 0 bridgehead atoms. The largest absolute Gasteiger partial charge is 0.492 e. The van der Waals surface area contributed by atoms with E-state index in [1.54, 1.807) is 12.1 Å². The van der Waals surface area contributed by atoms with Crippen molar-refractivity contribution in [2.45, 2.75) is 19.9 Å².